The van der Waals surface area contributed by atoms with Gasteiger partial charge in [0.25, 0.3) is 0 Å². The lowest BCUT2D eigenvalue weighted by Gasteiger charge is -2.05. The number of aryl methyl sites for hydroxylation is 1. The van der Waals surface area contributed by atoms with Gasteiger partial charge in [-0.1, -0.05) is 28.1 Å². The van der Waals surface area contributed by atoms with Gasteiger partial charge in [-0.15, -0.1) is 21.5 Å². The first-order chi connectivity index (χ1) is 12.2. The molecule has 6 nitrogen and oxygen atoms in total. The minimum absolute atomic E-state index is 0.0337. The topological polar surface area (TPSA) is 72.7 Å². The molecular weight excluding hydrogens is 402 g/mol. The molecule has 8 heteroatoms. The predicted octanol–water partition coefficient (Wildman–Crippen LogP) is 3.09. The van der Waals surface area contributed by atoms with Crippen molar-refractivity contribution in [2.45, 2.75) is 26.3 Å². The van der Waals surface area contributed by atoms with Gasteiger partial charge in [0.05, 0.1) is 12.1 Å². The molecule has 25 heavy (non-hydrogen) atoms. The third-order valence-corrected chi connectivity index (χ3v) is 5.11. The second kappa shape index (κ2) is 8.35. The predicted molar refractivity (Wildman–Crippen MR) is 101 cm³/mol. The van der Waals surface area contributed by atoms with Crippen LogP contribution in [0.3, 0.4) is 0 Å². The lowest BCUT2D eigenvalue weighted by molar-refractivity contribution is -0.120. The van der Waals surface area contributed by atoms with Crippen molar-refractivity contribution < 1.29 is 4.79 Å². The summed E-state index contributed by atoms with van der Waals surface area (Å²) < 4.78 is 2.98. The van der Waals surface area contributed by atoms with Crippen LogP contribution in [0.4, 0.5) is 0 Å². The molecule has 0 aliphatic heterocycles. The van der Waals surface area contributed by atoms with Gasteiger partial charge < -0.3 is 9.88 Å². The van der Waals surface area contributed by atoms with Gasteiger partial charge in [-0.25, -0.2) is 4.98 Å². The summed E-state index contributed by atoms with van der Waals surface area (Å²) in [5.74, 6) is 0.849. The standard InChI is InChI=1S/C17H18BrN5OS/c1-2-23-11-20-22-15(23)6-7-19-16(24)9-14-10-25-17(21-14)12-4-3-5-13(18)8-12/h3-5,8,10-11H,2,6-7,9H2,1H3,(H,19,24). The van der Waals surface area contributed by atoms with E-state index < -0.39 is 0 Å². The molecule has 1 amide bonds. The smallest absolute Gasteiger partial charge is 0.226 e. The van der Waals surface area contributed by atoms with Crippen molar-refractivity contribution in [1.82, 2.24) is 25.1 Å². The van der Waals surface area contributed by atoms with E-state index in [2.05, 4.69) is 36.4 Å². The van der Waals surface area contributed by atoms with Crippen LogP contribution in [0.2, 0.25) is 0 Å². The number of nitrogens with zero attached hydrogens (tertiary/aromatic N) is 4. The Morgan fingerprint density at radius 1 is 1.40 bits per heavy atom. The van der Waals surface area contributed by atoms with E-state index in [4.69, 9.17) is 0 Å². The van der Waals surface area contributed by atoms with Gasteiger partial charge in [0.2, 0.25) is 5.91 Å². The summed E-state index contributed by atoms with van der Waals surface area (Å²) in [6.07, 6.45) is 2.65. The van der Waals surface area contributed by atoms with Crippen molar-refractivity contribution in [1.29, 1.82) is 0 Å². The number of thiazole rings is 1. The molecule has 0 fully saturated rings. The van der Waals surface area contributed by atoms with Crippen LogP contribution in [0.25, 0.3) is 10.6 Å². The summed E-state index contributed by atoms with van der Waals surface area (Å²) in [7, 11) is 0. The molecule has 3 aromatic rings. The molecule has 0 spiro atoms. The fraction of sp³-hybridized carbons (Fsp3) is 0.294. The Kier molecular flexibility index (Phi) is 5.93. The van der Waals surface area contributed by atoms with Gasteiger partial charge in [0.1, 0.15) is 17.2 Å². The van der Waals surface area contributed by atoms with Gasteiger partial charge in [0, 0.05) is 34.9 Å². The quantitative estimate of drug-likeness (QED) is 0.638. The summed E-state index contributed by atoms with van der Waals surface area (Å²) in [4.78, 5) is 16.7. The Labute approximate surface area is 158 Å². The summed E-state index contributed by atoms with van der Waals surface area (Å²) in [6.45, 7) is 3.41. The van der Waals surface area contributed by atoms with Crippen molar-refractivity contribution >= 4 is 33.2 Å². The van der Waals surface area contributed by atoms with Crippen LogP contribution in [0.5, 0.6) is 0 Å². The molecule has 2 heterocycles. The summed E-state index contributed by atoms with van der Waals surface area (Å²) in [6, 6.07) is 7.98. The molecule has 130 valence electrons. The van der Waals surface area contributed by atoms with Crippen molar-refractivity contribution in [2.24, 2.45) is 0 Å². The molecule has 3 rings (SSSR count). The molecule has 0 unspecified atom stereocenters. The van der Waals surface area contributed by atoms with Crippen molar-refractivity contribution in [2.75, 3.05) is 6.54 Å². The Balaban J connectivity index is 1.52. The number of hydrogen-bond donors (Lipinski definition) is 1. The van der Waals surface area contributed by atoms with E-state index >= 15 is 0 Å². The molecule has 0 aliphatic rings. The lowest BCUT2D eigenvalue weighted by atomic mass is 10.2. The third-order valence-electron chi connectivity index (χ3n) is 3.67. The van der Waals surface area contributed by atoms with Gasteiger partial charge >= 0.3 is 0 Å². The van der Waals surface area contributed by atoms with Crippen LogP contribution in [-0.4, -0.2) is 32.2 Å². The number of nitrogens with one attached hydrogen (secondary N) is 1. The molecule has 0 bridgehead atoms. The second-order valence-corrected chi connectivity index (χ2v) is 7.24. The second-order valence-electron chi connectivity index (χ2n) is 5.46. The minimum atomic E-state index is -0.0337. The first-order valence-electron chi connectivity index (χ1n) is 7.99. The van der Waals surface area contributed by atoms with Crippen LogP contribution in [0.15, 0.2) is 40.4 Å². The minimum Gasteiger partial charge on any atom is -0.355 e. The first-order valence-corrected chi connectivity index (χ1v) is 9.66. The molecule has 0 radical (unpaired) electrons. The summed E-state index contributed by atoms with van der Waals surface area (Å²) in [5, 5.41) is 13.7. The number of aromatic nitrogens is 4. The van der Waals surface area contributed by atoms with Crippen LogP contribution in [0, 0.1) is 0 Å². The zero-order valence-electron chi connectivity index (χ0n) is 13.8. The molecule has 1 aromatic carbocycles. The van der Waals surface area contributed by atoms with Crippen molar-refractivity contribution in [3.63, 3.8) is 0 Å². The van der Waals surface area contributed by atoms with E-state index in [9.17, 15) is 4.79 Å². The number of halogens is 1. The molecule has 0 saturated heterocycles. The highest BCUT2D eigenvalue weighted by Gasteiger charge is 2.10. The van der Waals surface area contributed by atoms with Crippen LogP contribution >= 0.6 is 27.3 Å². The molecule has 1 N–H and O–H groups in total. The zero-order chi connectivity index (χ0) is 17.6. The van der Waals surface area contributed by atoms with Gasteiger partial charge in [-0.2, -0.15) is 0 Å². The van der Waals surface area contributed by atoms with Crippen LogP contribution < -0.4 is 5.32 Å². The monoisotopic (exact) mass is 419 g/mol. The van der Waals surface area contributed by atoms with Crippen LogP contribution in [-0.2, 0) is 24.2 Å². The number of carbonyl (C=O) groups is 1. The number of amides is 1. The first kappa shape index (κ1) is 17.8. The zero-order valence-corrected chi connectivity index (χ0v) is 16.2. The fourth-order valence-corrected chi connectivity index (χ4v) is 3.64. The largest absolute Gasteiger partial charge is 0.355 e. The maximum Gasteiger partial charge on any atom is 0.226 e. The fourth-order valence-electron chi connectivity index (χ4n) is 2.42. The Hall–Kier alpha value is -2.06. The lowest BCUT2D eigenvalue weighted by Crippen LogP contribution is -2.28. The maximum absolute atomic E-state index is 12.1. The Bertz CT molecular complexity index is 860. The van der Waals surface area contributed by atoms with E-state index in [0.717, 1.165) is 33.1 Å². The summed E-state index contributed by atoms with van der Waals surface area (Å²) >= 11 is 5.01. The third kappa shape index (κ3) is 4.73. The number of rotatable bonds is 7. The molecular formula is C17H18BrN5OS. The highest BCUT2D eigenvalue weighted by molar-refractivity contribution is 9.10. The Morgan fingerprint density at radius 3 is 3.08 bits per heavy atom. The highest BCUT2D eigenvalue weighted by atomic mass is 79.9. The van der Waals surface area contributed by atoms with Gasteiger partial charge in [0.15, 0.2) is 0 Å². The number of carbonyl (C=O) groups excluding carboxylic acids is 1. The molecule has 0 aliphatic carbocycles. The van der Waals surface area contributed by atoms with E-state index in [1.165, 1.54) is 0 Å². The van der Waals surface area contributed by atoms with Crippen LogP contribution in [0.1, 0.15) is 18.4 Å². The van der Waals surface area contributed by atoms with Crippen molar-refractivity contribution in [3.05, 3.63) is 52.0 Å². The van der Waals surface area contributed by atoms with E-state index in [0.29, 0.717) is 13.0 Å². The van der Waals surface area contributed by atoms with E-state index in [1.54, 1.807) is 17.7 Å². The molecule has 0 saturated carbocycles. The normalized spacial score (nSPS) is 10.8. The van der Waals surface area contributed by atoms with E-state index in [-0.39, 0.29) is 12.3 Å². The molecule has 0 atom stereocenters. The van der Waals surface area contributed by atoms with Gasteiger partial charge in [-0.05, 0) is 19.1 Å². The summed E-state index contributed by atoms with van der Waals surface area (Å²) in [5.41, 5.74) is 1.83. The van der Waals surface area contributed by atoms with E-state index in [1.807, 2.05) is 41.1 Å². The molecule has 2 aromatic heterocycles. The van der Waals surface area contributed by atoms with Gasteiger partial charge in [-0.3, -0.25) is 4.79 Å². The highest BCUT2D eigenvalue weighted by Crippen LogP contribution is 2.26. The average Bonchev–Trinajstić information content (AvgIpc) is 3.24. The average molecular weight is 420 g/mol. The number of hydrogen-bond acceptors (Lipinski definition) is 5. The van der Waals surface area contributed by atoms with Crippen molar-refractivity contribution in [3.8, 4) is 10.6 Å². The Morgan fingerprint density at radius 2 is 2.28 bits per heavy atom. The maximum atomic E-state index is 12.1. The number of benzene rings is 1. The SMILES string of the molecule is CCn1cnnc1CCNC(=O)Cc1csc(-c2cccc(Br)c2)n1.